The first-order chi connectivity index (χ1) is 5.42. The normalized spacial score (nSPS) is 10.3. The minimum atomic E-state index is 1.09. The van der Waals surface area contributed by atoms with E-state index >= 15 is 0 Å². The number of hydrogen-bond donors (Lipinski definition) is 1. The van der Waals surface area contributed by atoms with Crippen molar-refractivity contribution in [1.29, 1.82) is 0 Å². The van der Waals surface area contributed by atoms with Crippen LogP contribution in [0.15, 0.2) is 23.7 Å². The van der Waals surface area contributed by atoms with Crippen molar-refractivity contribution in [2.75, 3.05) is 3.53 Å². The number of halogens is 1. The zero-order valence-corrected chi connectivity index (χ0v) is 8.52. The van der Waals surface area contributed by atoms with Crippen molar-refractivity contribution in [3.63, 3.8) is 0 Å². The lowest BCUT2D eigenvalue weighted by molar-refractivity contribution is 1.45. The SMILES string of the molecule is INc1ccnc2sccc12. The van der Waals surface area contributed by atoms with Gasteiger partial charge < -0.3 is 3.53 Å². The van der Waals surface area contributed by atoms with Crippen LogP contribution in [0.5, 0.6) is 0 Å². The summed E-state index contributed by atoms with van der Waals surface area (Å²) in [5.41, 5.74) is 1.14. The lowest BCUT2D eigenvalue weighted by Crippen LogP contribution is -1.80. The first-order valence-electron chi connectivity index (χ1n) is 3.10. The summed E-state index contributed by atoms with van der Waals surface area (Å²) in [7, 11) is 0. The molecule has 0 aliphatic rings. The molecule has 0 radical (unpaired) electrons. The largest absolute Gasteiger partial charge is 0.328 e. The minimum Gasteiger partial charge on any atom is -0.328 e. The average Bonchev–Trinajstić information content (AvgIpc) is 2.50. The molecule has 56 valence electrons. The van der Waals surface area contributed by atoms with Gasteiger partial charge in [0.05, 0.1) is 28.6 Å². The smallest absolute Gasteiger partial charge is 0.125 e. The van der Waals surface area contributed by atoms with Gasteiger partial charge in [0.15, 0.2) is 0 Å². The summed E-state index contributed by atoms with van der Waals surface area (Å²) in [6, 6.07) is 4.05. The molecule has 2 rings (SSSR count). The van der Waals surface area contributed by atoms with Crippen LogP contribution in [0.1, 0.15) is 0 Å². The van der Waals surface area contributed by atoms with Crippen LogP contribution in [0.2, 0.25) is 0 Å². The van der Waals surface area contributed by atoms with Crippen LogP contribution >= 0.6 is 34.2 Å². The Morgan fingerprint density at radius 3 is 3.18 bits per heavy atom. The standard InChI is InChI=1S/C7H5IN2S/c8-10-6-1-3-9-7-5(6)2-4-11-7/h1-4H,(H,9,10). The van der Waals surface area contributed by atoms with Crippen LogP contribution in [-0.2, 0) is 0 Å². The van der Waals surface area contributed by atoms with E-state index in [-0.39, 0.29) is 0 Å². The second-order valence-electron chi connectivity index (χ2n) is 2.09. The molecule has 0 saturated carbocycles. The summed E-state index contributed by atoms with van der Waals surface area (Å²) in [4.78, 5) is 5.31. The third kappa shape index (κ3) is 1.20. The molecule has 4 heteroatoms. The molecule has 0 atom stereocenters. The molecule has 2 nitrogen and oxygen atoms in total. The van der Waals surface area contributed by atoms with E-state index in [0.29, 0.717) is 0 Å². The Morgan fingerprint density at radius 2 is 2.36 bits per heavy atom. The lowest BCUT2D eigenvalue weighted by Gasteiger charge is -1.97. The van der Waals surface area contributed by atoms with Crippen LogP contribution < -0.4 is 3.53 Å². The highest BCUT2D eigenvalue weighted by molar-refractivity contribution is 14.1. The molecule has 0 aromatic carbocycles. The molecule has 0 saturated heterocycles. The van der Waals surface area contributed by atoms with Crippen LogP contribution in [0, 0.1) is 0 Å². The van der Waals surface area contributed by atoms with Gasteiger partial charge in [-0.2, -0.15) is 0 Å². The summed E-state index contributed by atoms with van der Waals surface area (Å²) in [5.74, 6) is 0. The Morgan fingerprint density at radius 1 is 1.45 bits per heavy atom. The second kappa shape index (κ2) is 2.94. The van der Waals surface area contributed by atoms with Crippen molar-refractivity contribution < 1.29 is 0 Å². The molecule has 0 spiro atoms. The summed E-state index contributed by atoms with van der Waals surface area (Å²) in [6.45, 7) is 0. The molecule has 0 fully saturated rings. The minimum absolute atomic E-state index is 1.09. The molecule has 11 heavy (non-hydrogen) atoms. The van der Waals surface area contributed by atoms with E-state index in [4.69, 9.17) is 0 Å². The fourth-order valence-corrected chi connectivity index (χ4v) is 2.19. The van der Waals surface area contributed by atoms with E-state index in [9.17, 15) is 0 Å². The van der Waals surface area contributed by atoms with Crippen LogP contribution in [0.25, 0.3) is 10.2 Å². The molecule has 0 aliphatic heterocycles. The summed E-state index contributed by atoms with van der Waals surface area (Å²) in [5, 5.41) is 3.25. The second-order valence-corrected chi connectivity index (χ2v) is 3.53. The number of aromatic nitrogens is 1. The summed E-state index contributed by atoms with van der Waals surface area (Å²) >= 11 is 3.79. The zero-order valence-electron chi connectivity index (χ0n) is 5.54. The Bertz CT molecular complexity index is 371. The molecular formula is C7H5IN2S. The molecular weight excluding hydrogens is 271 g/mol. The molecule has 2 heterocycles. The predicted molar refractivity (Wildman–Crippen MR) is 57.3 cm³/mol. The first kappa shape index (κ1) is 7.30. The summed E-state index contributed by atoms with van der Waals surface area (Å²) < 4.78 is 3.09. The zero-order chi connectivity index (χ0) is 7.68. The number of nitrogens with zero attached hydrogens (tertiary/aromatic N) is 1. The Hall–Kier alpha value is -0.360. The summed E-state index contributed by atoms with van der Waals surface area (Å²) in [6.07, 6.45) is 1.82. The van der Waals surface area contributed by atoms with Crippen molar-refractivity contribution in [3.05, 3.63) is 23.7 Å². The van der Waals surface area contributed by atoms with E-state index in [1.54, 1.807) is 11.3 Å². The number of fused-ring (bicyclic) bond motifs is 1. The third-order valence-electron chi connectivity index (χ3n) is 1.47. The molecule has 0 aliphatic carbocycles. The van der Waals surface area contributed by atoms with Gasteiger partial charge in [0, 0.05) is 11.6 Å². The monoisotopic (exact) mass is 276 g/mol. The van der Waals surface area contributed by atoms with Crippen molar-refractivity contribution in [2.24, 2.45) is 0 Å². The fraction of sp³-hybridized carbons (Fsp3) is 0. The Balaban J connectivity index is 2.79. The molecule has 2 aromatic rings. The molecule has 0 unspecified atom stereocenters. The number of thiophene rings is 1. The van der Waals surface area contributed by atoms with Gasteiger partial charge in [-0.3, -0.25) is 0 Å². The maximum Gasteiger partial charge on any atom is 0.125 e. The highest BCUT2D eigenvalue weighted by Crippen LogP contribution is 2.26. The quantitative estimate of drug-likeness (QED) is 0.639. The van der Waals surface area contributed by atoms with Gasteiger partial charge in [-0.15, -0.1) is 11.3 Å². The Labute approximate surface area is 82.1 Å². The van der Waals surface area contributed by atoms with Gasteiger partial charge in [0.2, 0.25) is 0 Å². The van der Waals surface area contributed by atoms with Gasteiger partial charge in [-0.05, 0) is 17.5 Å². The van der Waals surface area contributed by atoms with Gasteiger partial charge in [-0.1, -0.05) is 0 Å². The number of anilines is 1. The molecule has 0 amide bonds. The van der Waals surface area contributed by atoms with Crippen LogP contribution in [-0.4, -0.2) is 4.98 Å². The topological polar surface area (TPSA) is 24.9 Å². The number of nitrogens with one attached hydrogen (secondary N) is 1. The number of rotatable bonds is 1. The number of pyridine rings is 1. The third-order valence-corrected chi connectivity index (χ3v) is 2.87. The van der Waals surface area contributed by atoms with E-state index in [1.807, 2.05) is 12.3 Å². The van der Waals surface area contributed by atoms with E-state index in [0.717, 1.165) is 10.5 Å². The number of hydrogen-bond acceptors (Lipinski definition) is 3. The first-order valence-corrected chi connectivity index (χ1v) is 5.06. The van der Waals surface area contributed by atoms with Gasteiger partial charge >= 0.3 is 0 Å². The van der Waals surface area contributed by atoms with Crippen LogP contribution in [0.4, 0.5) is 5.69 Å². The van der Waals surface area contributed by atoms with Gasteiger partial charge in [0.1, 0.15) is 4.83 Å². The van der Waals surface area contributed by atoms with Gasteiger partial charge in [0.25, 0.3) is 0 Å². The average molecular weight is 276 g/mol. The van der Waals surface area contributed by atoms with E-state index in [2.05, 4.69) is 42.8 Å². The fourth-order valence-electron chi connectivity index (χ4n) is 0.958. The predicted octanol–water partition coefficient (Wildman–Crippen LogP) is 3.06. The maximum absolute atomic E-state index is 4.22. The van der Waals surface area contributed by atoms with Crippen LogP contribution in [0.3, 0.4) is 0 Å². The lowest BCUT2D eigenvalue weighted by atomic mass is 10.3. The maximum atomic E-state index is 4.22. The van der Waals surface area contributed by atoms with Crippen molar-refractivity contribution >= 4 is 50.1 Å². The molecule has 2 aromatic heterocycles. The van der Waals surface area contributed by atoms with E-state index in [1.165, 1.54) is 5.39 Å². The van der Waals surface area contributed by atoms with Crippen molar-refractivity contribution in [1.82, 2.24) is 4.98 Å². The highest BCUT2D eigenvalue weighted by Gasteiger charge is 1.99. The van der Waals surface area contributed by atoms with Crippen molar-refractivity contribution in [2.45, 2.75) is 0 Å². The highest BCUT2D eigenvalue weighted by atomic mass is 127. The van der Waals surface area contributed by atoms with Gasteiger partial charge in [-0.25, -0.2) is 4.98 Å². The van der Waals surface area contributed by atoms with Crippen molar-refractivity contribution in [3.8, 4) is 0 Å². The van der Waals surface area contributed by atoms with E-state index < -0.39 is 0 Å². The molecule has 0 bridgehead atoms. The molecule has 1 N–H and O–H groups in total. The Kier molecular flexibility index (Phi) is 1.95.